The van der Waals surface area contributed by atoms with E-state index in [-0.39, 0.29) is 5.56 Å². The van der Waals surface area contributed by atoms with Crippen LogP contribution in [0.5, 0.6) is 5.75 Å². The van der Waals surface area contributed by atoms with E-state index in [9.17, 15) is 9.50 Å². The number of hydrogen-bond donors (Lipinski definition) is 1. The van der Waals surface area contributed by atoms with Gasteiger partial charge in [0.15, 0.2) is 0 Å². The zero-order chi connectivity index (χ0) is 13.8. The molecule has 0 saturated heterocycles. The highest BCUT2D eigenvalue weighted by atomic mass is 32.2. The van der Waals surface area contributed by atoms with Gasteiger partial charge in [-0.05, 0) is 30.0 Å². The molecule has 0 amide bonds. The second-order valence-electron chi connectivity index (χ2n) is 4.03. The highest BCUT2D eigenvalue weighted by Crippen LogP contribution is 2.32. The fourth-order valence-corrected chi connectivity index (χ4v) is 2.55. The smallest absolute Gasteiger partial charge is 0.133 e. The van der Waals surface area contributed by atoms with Gasteiger partial charge in [-0.3, -0.25) is 0 Å². The van der Waals surface area contributed by atoms with Gasteiger partial charge >= 0.3 is 0 Å². The average molecular weight is 278 g/mol. The molecule has 1 N–H and O–H groups in total. The zero-order valence-electron chi connectivity index (χ0n) is 10.8. The van der Waals surface area contributed by atoms with Crippen LogP contribution in [0.25, 0.3) is 0 Å². The number of methoxy groups -OCH3 is 1. The third kappa shape index (κ3) is 2.91. The SMILES string of the molecule is COc1ccc(C(O)c2ccccc2SC)c(F)c1. The number of halogens is 1. The Balaban J connectivity index is 2.41. The number of benzene rings is 2. The number of thioether (sulfide) groups is 1. The van der Waals surface area contributed by atoms with Crippen molar-refractivity contribution in [2.24, 2.45) is 0 Å². The number of hydrogen-bond acceptors (Lipinski definition) is 3. The van der Waals surface area contributed by atoms with Crippen LogP contribution in [0.1, 0.15) is 17.2 Å². The van der Waals surface area contributed by atoms with Crippen LogP contribution in [0.15, 0.2) is 47.4 Å². The van der Waals surface area contributed by atoms with Gasteiger partial charge in [-0.25, -0.2) is 4.39 Å². The standard InChI is InChI=1S/C15H15FO2S/c1-18-10-7-8-11(13(16)9-10)15(17)12-5-3-4-6-14(12)19-2/h3-9,15,17H,1-2H3. The van der Waals surface area contributed by atoms with Crippen molar-refractivity contribution in [3.05, 3.63) is 59.4 Å². The Morgan fingerprint density at radius 3 is 2.53 bits per heavy atom. The Morgan fingerprint density at radius 2 is 1.89 bits per heavy atom. The lowest BCUT2D eigenvalue weighted by Gasteiger charge is -2.16. The first-order valence-electron chi connectivity index (χ1n) is 5.81. The van der Waals surface area contributed by atoms with Crippen LogP contribution < -0.4 is 4.74 Å². The molecule has 0 bridgehead atoms. The monoisotopic (exact) mass is 278 g/mol. The molecule has 0 aliphatic heterocycles. The second-order valence-corrected chi connectivity index (χ2v) is 4.88. The fourth-order valence-electron chi connectivity index (χ4n) is 1.92. The number of aliphatic hydroxyl groups is 1. The molecule has 0 aromatic heterocycles. The summed E-state index contributed by atoms with van der Waals surface area (Å²) in [4.78, 5) is 0.935. The van der Waals surface area contributed by atoms with Crippen molar-refractivity contribution in [2.75, 3.05) is 13.4 Å². The van der Waals surface area contributed by atoms with Crippen LogP contribution in [-0.4, -0.2) is 18.5 Å². The van der Waals surface area contributed by atoms with Crippen LogP contribution in [0, 0.1) is 5.82 Å². The Labute approximate surface area is 116 Å². The van der Waals surface area contributed by atoms with Gasteiger partial charge in [0.1, 0.15) is 17.7 Å². The summed E-state index contributed by atoms with van der Waals surface area (Å²) in [6.45, 7) is 0. The van der Waals surface area contributed by atoms with Crippen LogP contribution in [0.4, 0.5) is 4.39 Å². The molecule has 100 valence electrons. The largest absolute Gasteiger partial charge is 0.497 e. The van der Waals surface area contributed by atoms with Crippen LogP contribution in [-0.2, 0) is 0 Å². The van der Waals surface area contributed by atoms with E-state index in [0.717, 1.165) is 4.90 Å². The lowest BCUT2D eigenvalue weighted by molar-refractivity contribution is 0.212. The van der Waals surface area contributed by atoms with E-state index >= 15 is 0 Å². The van der Waals surface area contributed by atoms with Gasteiger partial charge in [0.2, 0.25) is 0 Å². The van der Waals surface area contributed by atoms with Gasteiger partial charge < -0.3 is 9.84 Å². The molecule has 2 aromatic carbocycles. The first kappa shape index (κ1) is 13.9. The van der Waals surface area contributed by atoms with E-state index < -0.39 is 11.9 Å². The molecule has 2 aromatic rings. The summed E-state index contributed by atoms with van der Waals surface area (Å²) in [5.74, 6) is -0.0330. The first-order valence-corrected chi connectivity index (χ1v) is 7.04. The van der Waals surface area contributed by atoms with Crippen molar-refractivity contribution in [3.63, 3.8) is 0 Å². The van der Waals surface area contributed by atoms with E-state index in [4.69, 9.17) is 4.74 Å². The van der Waals surface area contributed by atoms with Crippen LogP contribution >= 0.6 is 11.8 Å². The molecule has 2 nitrogen and oxygen atoms in total. The van der Waals surface area contributed by atoms with Gasteiger partial charge in [-0.2, -0.15) is 0 Å². The van der Waals surface area contributed by atoms with Gasteiger partial charge in [0.25, 0.3) is 0 Å². The summed E-state index contributed by atoms with van der Waals surface area (Å²) in [5.41, 5.74) is 0.960. The van der Waals surface area contributed by atoms with Gasteiger partial charge in [0.05, 0.1) is 7.11 Å². The van der Waals surface area contributed by atoms with E-state index in [2.05, 4.69) is 0 Å². The summed E-state index contributed by atoms with van der Waals surface area (Å²) in [5, 5.41) is 10.4. The maximum Gasteiger partial charge on any atom is 0.133 e. The lowest BCUT2D eigenvalue weighted by Crippen LogP contribution is -2.04. The quantitative estimate of drug-likeness (QED) is 0.866. The van der Waals surface area contributed by atoms with E-state index in [1.807, 2.05) is 24.5 Å². The second kappa shape index (κ2) is 6.08. The molecule has 1 atom stereocenters. The molecule has 0 radical (unpaired) electrons. The van der Waals surface area contributed by atoms with E-state index in [0.29, 0.717) is 11.3 Å². The molecular weight excluding hydrogens is 263 g/mol. The first-order chi connectivity index (χ1) is 9.17. The molecule has 0 saturated carbocycles. The lowest BCUT2D eigenvalue weighted by atomic mass is 10.0. The molecule has 0 aliphatic rings. The minimum absolute atomic E-state index is 0.252. The summed E-state index contributed by atoms with van der Waals surface area (Å²) < 4.78 is 18.9. The van der Waals surface area contributed by atoms with Crippen LogP contribution in [0.2, 0.25) is 0 Å². The van der Waals surface area contributed by atoms with Crippen molar-refractivity contribution in [3.8, 4) is 5.75 Å². The molecular formula is C15H15FO2S. The van der Waals surface area contributed by atoms with Crippen LogP contribution in [0.3, 0.4) is 0 Å². The van der Waals surface area contributed by atoms with E-state index in [1.54, 1.807) is 18.2 Å². The van der Waals surface area contributed by atoms with Crippen molar-refractivity contribution in [1.29, 1.82) is 0 Å². The molecule has 0 spiro atoms. The van der Waals surface area contributed by atoms with Gasteiger partial charge in [-0.1, -0.05) is 18.2 Å². The predicted molar refractivity (Wildman–Crippen MR) is 75.2 cm³/mol. The molecule has 1 unspecified atom stereocenters. The summed E-state index contributed by atoms with van der Waals surface area (Å²) >= 11 is 1.52. The van der Waals surface area contributed by atoms with Crippen molar-refractivity contribution in [2.45, 2.75) is 11.0 Å². The average Bonchev–Trinajstić information content (AvgIpc) is 2.46. The number of ether oxygens (including phenoxy) is 1. The minimum Gasteiger partial charge on any atom is -0.497 e. The Morgan fingerprint density at radius 1 is 1.16 bits per heavy atom. The third-order valence-electron chi connectivity index (χ3n) is 2.94. The van der Waals surface area contributed by atoms with Crippen molar-refractivity contribution >= 4 is 11.8 Å². The molecule has 0 fully saturated rings. The predicted octanol–water partition coefficient (Wildman–Crippen LogP) is 3.64. The van der Waals surface area contributed by atoms with Crippen molar-refractivity contribution in [1.82, 2.24) is 0 Å². The summed E-state index contributed by atoms with van der Waals surface area (Å²) in [6.07, 6.45) is 0.949. The van der Waals surface area contributed by atoms with E-state index in [1.165, 1.54) is 24.9 Å². The Hall–Kier alpha value is -1.52. The third-order valence-corrected chi connectivity index (χ3v) is 3.75. The van der Waals surface area contributed by atoms with Gasteiger partial charge in [-0.15, -0.1) is 11.8 Å². The minimum atomic E-state index is -0.977. The Kier molecular flexibility index (Phi) is 4.45. The molecule has 19 heavy (non-hydrogen) atoms. The van der Waals surface area contributed by atoms with Gasteiger partial charge in [0, 0.05) is 16.5 Å². The molecule has 2 rings (SSSR count). The number of rotatable bonds is 4. The number of aliphatic hydroxyl groups excluding tert-OH is 1. The fraction of sp³-hybridized carbons (Fsp3) is 0.200. The summed E-state index contributed by atoms with van der Waals surface area (Å²) in [6, 6.07) is 11.9. The maximum absolute atomic E-state index is 14.0. The highest BCUT2D eigenvalue weighted by molar-refractivity contribution is 7.98. The normalized spacial score (nSPS) is 12.2. The molecule has 0 heterocycles. The molecule has 4 heteroatoms. The summed E-state index contributed by atoms with van der Waals surface area (Å²) in [7, 11) is 1.48. The molecule has 0 aliphatic carbocycles. The highest BCUT2D eigenvalue weighted by Gasteiger charge is 2.18. The maximum atomic E-state index is 14.0. The van der Waals surface area contributed by atoms with Crippen molar-refractivity contribution < 1.29 is 14.2 Å². The topological polar surface area (TPSA) is 29.5 Å². The zero-order valence-corrected chi connectivity index (χ0v) is 11.6. The Bertz CT molecular complexity index is 572.